The summed E-state index contributed by atoms with van der Waals surface area (Å²) in [5, 5.41) is 0.869. The van der Waals surface area contributed by atoms with Crippen molar-refractivity contribution >= 4 is 11.6 Å². The molecule has 0 heterocycles. The van der Waals surface area contributed by atoms with E-state index in [1.54, 1.807) is 0 Å². The Balaban J connectivity index is 2.67. The minimum atomic E-state index is 0.394. The quantitative estimate of drug-likeness (QED) is 0.728. The summed E-state index contributed by atoms with van der Waals surface area (Å²) in [6.07, 6.45) is 2.48. The number of nitrogens with zero attached hydrogens (tertiary/aromatic N) is 1. The first kappa shape index (κ1) is 12.5. The Bertz CT molecular complexity index is 298. The minimum Gasteiger partial charge on any atom is -0.300 e. The lowest BCUT2D eigenvalue weighted by Gasteiger charge is -2.25. The van der Waals surface area contributed by atoms with Crippen molar-refractivity contribution in [2.45, 2.75) is 32.7 Å². The molecule has 0 aliphatic rings. The standard InChI is InChI=1S/C13H20ClN/c1-4-5-10-15(3)11(2)12-8-6-7-9-13(12)14/h6-9,11H,4-5,10H2,1-3H3. The fourth-order valence-corrected chi connectivity index (χ4v) is 1.95. The van der Waals surface area contributed by atoms with E-state index in [4.69, 9.17) is 11.6 Å². The maximum Gasteiger partial charge on any atom is 0.0453 e. The van der Waals surface area contributed by atoms with E-state index in [2.05, 4.69) is 31.9 Å². The number of unbranched alkanes of at least 4 members (excludes halogenated alkanes) is 1. The fourth-order valence-electron chi connectivity index (χ4n) is 1.65. The van der Waals surface area contributed by atoms with Crippen molar-refractivity contribution in [2.75, 3.05) is 13.6 Å². The van der Waals surface area contributed by atoms with Crippen molar-refractivity contribution in [3.63, 3.8) is 0 Å². The number of benzene rings is 1. The SMILES string of the molecule is CCCCN(C)C(C)c1ccccc1Cl. The van der Waals surface area contributed by atoms with Gasteiger partial charge in [-0.3, -0.25) is 4.90 Å². The van der Waals surface area contributed by atoms with Crippen LogP contribution in [0.15, 0.2) is 24.3 Å². The predicted octanol–water partition coefficient (Wildman–Crippen LogP) is 4.13. The Kier molecular flexibility index (Phi) is 5.13. The summed E-state index contributed by atoms with van der Waals surface area (Å²) >= 11 is 6.17. The molecule has 1 aromatic carbocycles. The topological polar surface area (TPSA) is 3.24 Å². The second kappa shape index (κ2) is 6.14. The molecule has 0 aliphatic heterocycles. The molecule has 0 amide bonds. The predicted molar refractivity (Wildman–Crippen MR) is 67.4 cm³/mol. The lowest BCUT2D eigenvalue weighted by Crippen LogP contribution is -2.23. The lowest BCUT2D eigenvalue weighted by atomic mass is 10.1. The van der Waals surface area contributed by atoms with Gasteiger partial charge in [0.1, 0.15) is 0 Å². The number of rotatable bonds is 5. The summed E-state index contributed by atoms with van der Waals surface area (Å²) in [7, 11) is 2.16. The van der Waals surface area contributed by atoms with E-state index >= 15 is 0 Å². The summed E-state index contributed by atoms with van der Waals surface area (Å²) in [6.45, 7) is 5.55. The third-order valence-electron chi connectivity index (χ3n) is 2.88. The molecule has 84 valence electrons. The van der Waals surface area contributed by atoms with Gasteiger partial charge in [0.2, 0.25) is 0 Å². The van der Waals surface area contributed by atoms with Crippen LogP contribution in [0.5, 0.6) is 0 Å². The van der Waals surface area contributed by atoms with E-state index in [0.29, 0.717) is 6.04 Å². The van der Waals surface area contributed by atoms with Crippen molar-refractivity contribution in [3.05, 3.63) is 34.9 Å². The molecule has 0 saturated carbocycles. The summed E-state index contributed by atoms with van der Waals surface area (Å²) in [4.78, 5) is 2.35. The average Bonchev–Trinajstić information content (AvgIpc) is 2.25. The molecular weight excluding hydrogens is 206 g/mol. The summed E-state index contributed by atoms with van der Waals surface area (Å²) < 4.78 is 0. The molecule has 1 aromatic rings. The van der Waals surface area contributed by atoms with Crippen molar-refractivity contribution in [1.29, 1.82) is 0 Å². The monoisotopic (exact) mass is 225 g/mol. The lowest BCUT2D eigenvalue weighted by molar-refractivity contribution is 0.257. The van der Waals surface area contributed by atoms with Gasteiger partial charge in [0.15, 0.2) is 0 Å². The summed E-state index contributed by atoms with van der Waals surface area (Å²) in [5.41, 5.74) is 1.22. The molecule has 0 saturated heterocycles. The smallest absolute Gasteiger partial charge is 0.0453 e. The second-order valence-electron chi connectivity index (χ2n) is 4.03. The van der Waals surface area contributed by atoms with Crippen LogP contribution in [0.4, 0.5) is 0 Å². The van der Waals surface area contributed by atoms with Crippen LogP contribution >= 0.6 is 11.6 Å². The van der Waals surface area contributed by atoms with E-state index < -0.39 is 0 Å². The summed E-state index contributed by atoms with van der Waals surface area (Å²) in [5.74, 6) is 0. The zero-order valence-electron chi connectivity index (χ0n) is 9.83. The van der Waals surface area contributed by atoms with Gasteiger partial charge < -0.3 is 0 Å². The molecule has 0 radical (unpaired) electrons. The van der Waals surface area contributed by atoms with E-state index in [0.717, 1.165) is 11.6 Å². The van der Waals surface area contributed by atoms with Gasteiger partial charge in [0.05, 0.1) is 0 Å². The van der Waals surface area contributed by atoms with Gasteiger partial charge in [-0.15, -0.1) is 0 Å². The van der Waals surface area contributed by atoms with E-state index in [-0.39, 0.29) is 0 Å². The molecule has 0 aliphatic carbocycles. The Morgan fingerprint density at radius 2 is 2.00 bits per heavy atom. The molecular formula is C13H20ClN. The number of hydrogen-bond donors (Lipinski definition) is 0. The van der Waals surface area contributed by atoms with E-state index in [1.165, 1.54) is 18.4 Å². The van der Waals surface area contributed by atoms with Crippen LogP contribution in [0.2, 0.25) is 5.02 Å². The maximum atomic E-state index is 6.17. The molecule has 0 bridgehead atoms. The van der Waals surface area contributed by atoms with Crippen molar-refractivity contribution < 1.29 is 0 Å². The van der Waals surface area contributed by atoms with Gasteiger partial charge in [-0.2, -0.15) is 0 Å². The first-order valence-electron chi connectivity index (χ1n) is 5.61. The van der Waals surface area contributed by atoms with Gasteiger partial charge in [-0.1, -0.05) is 43.1 Å². The third kappa shape index (κ3) is 3.51. The molecule has 1 rings (SSSR count). The van der Waals surface area contributed by atoms with Crippen molar-refractivity contribution in [3.8, 4) is 0 Å². The highest BCUT2D eigenvalue weighted by molar-refractivity contribution is 6.31. The Hall–Kier alpha value is -0.530. The van der Waals surface area contributed by atoms with E-state index in [1.807, 2.05) is 18.2 Å². The zero-order chi connectivity index (χ0) is 11.3. The molecule has 1 unspecified atom stereocenters. The fraction of sp³-hybridized carbons (Fsp3) is 0.538. The highest BCUT2D eigenvalue weighted by atomic mass is 35.5. The molecule has 0 fully saturated rings. The van der Waals surface area contributed by atoms with Crippen LogP contribution in [0.1, 0.15) is 38.3 Å². The molecule has 15 heavy (non-hydrogen) atoms. The molecule has 0 spiro atoms. The Labute approximate surface area is 98.0 Å². The Morgan fingerprint density at radius 3 is 2.60 bits per heavy atom. The minimum absolute atomic E-state index is 0.394. The van der Waals surface area contributed by atoms with Gasteiger partial charge in [-0.05, 0) is 38.6 Å². The largest absolute Gasteiger partial charge is 0.300 e. The van der Waals surface area contributed by atoms with Crippen molar-refractivity contribution in [1.82, 2.24) is 4.90 Å². The van der Waals surface area contributed by atoms with Crippen LogP contribution in [0.25, 0.3) is 0 Å². The molecule has 2 heteroatoms. The molecule has 1 atom stereocenters. The summed E-state index contributed by atoms with van der Waals surface area (Å²) in [6, 6.07) is 8.48. The van der Waals surface area contributed by atoms with E-state index in [9.17, 15) is 0 Å². The Morgan fingerprint density at radius 1 is 1.33 bits per heavy atom. The zero-order valence-corrected chi connectivity index (χ0v) is 10.6. The van der Waals surface area contributed by atoms with Gasteiger partial charge in [-0.25, -0.2) is 0 Å². The number of hydrogen-bond acceptors (Lipinski definition) is 1. The third-order valence-corrected chi connectivity index (χ3v) is 3.23. The molecule has 0 N–H and O–H groups in total. The van der Waals surface area contributed by atoms with Crippen LogP contribution in [-0.4, -0.2) is 18.5 Å². The normalized spacial score (nSPS) is 13.1. The molecule has 0 aromatic heterocycles. The average molecular weight is 226 g/mol. The highest BCUT2D eigenvalue weighted by Gasteiger charge is 2.13. The second-order valence-corrected chi connectivity index (χ2v) is 4.44. The molecule has 1 nitrogen and oxygen atoms in total. The van der Waals surface area contributed by atoms with Crippen molar-refractivity contribution in [2.24, 2.45) is 0 Å². The van der Waals surface area contributed by atoms with Crippen LogP contribution < -0.4 is 0 Å². The maximum absolute atomic E-state index is 6.17. The van der Waals surface area contributed by atoms with Gasteiger partial charge >= 0.3 is 0 Å². The number of halogens is 1. The van der Waals surface area contributed by atoms with Crippen LogP contribution in [-0.2, 0) is 0 Å². The van der Waals surface area contributed by atoms with Crippen LogP contribution in [0, 0.1) is 0 Å². The highest BCUT2D eigenvalue weighted by Crippen LogP contribution is 2.26. The first-order valence-corrected chi connectivity index (χ1v) is 5.99. The van der Waals surface area contributed by atoms with Gasteiger partial charge in [0, 0.05) is 11.1 Å². The van der Waals surface area contributed by atoms with Crippen LogP contribution in [0.3, 0.4) is 0 Å². The first-order chi connectivity index (χ1) is 7.16. The van der Waals surface area contributed by atoms with Gasteiger partial charge in [0.25, 0.3) is 0 Å².